The van der Waals surface area contributed by atoms with Gasteiger partial charge in [-0.2, -0.15) is 0 Å². The minimum absolute atomic E-state index is 0.00879. The summed E-state index contributed by atoms with van der Waals surface area (Å²) in [5, 5.41) is 9.78. The monoisotopic (exact) mass is 298 g/mol. The van der Waals surface area contributed by atoms with Gasteiger partial charge in [-0.15, -0.1) is 5.11 Å². The minimum Gasteiger partial charge on any atom is -0.279 e. The number of nitrogens with zero attached hydrogens (tertiary/aromatic N) is 3. The van der Waals surface area contributed by atoms with Crippen LogP contribution < -0.4 is 4.72 Å². The molecule has 1 aromatic rings. The zero-order valence-corrected chi connectivity index (χ0v) is 12.5. The fourth-order valence-electron chi connectivity index (χ4n) is 1.41. The van der Waals surface area contributed by atoms with Gasteiger partial charge < -0.3 is 0 Å². The molecule has 0 atom stereocenters. The van der Waals surface area contributed by atoms with Crippen LogP contribution in [0.1, 0.15) is 20.8 Å². The van der Waals surface area contributed by atoms with E-state index in [9.17, 15) is 13.2 Å². The van der Waals surface area contributed by atoms with Crippen LogP contribution in [0.15, 0.2) is 39.5 Å². The van der Waals surface area contributed by atoms with Crippen molar-refractivity contribution in [3.63, 3.8) is 0 Å². The summed E-state index contributed by atoms with van der Waals surface area (Å²) in [6.45, 7) is 6.56. The molecular formula is C12H18N4O3S. The lowest BCUT2D eigenvalue weighted by Crippen LogP contribution is -2.28. The molecule has 0 aromatic heterocycles. The van der Waals surface area contributed by atoms with Gasteiger partial charge in [0.05, 0.1) is 10.6 Å². The average Bonchev–Trinajstić information content (AvgIpc) is 2.39. The van der Waals surface area contributed by atoms with Crippen molar-refractivity contribution in [3.8, 4) is 0 Å². The Morgan fingerprint density at radius 1 is 1.20 bits per heavy atom. The standard InChI is InChI=1S/C12H18N4O3S/c1-4-16(5-2)15-13-11-6-8-12(9-7-11)20(18,19)14-10(3)17/h6-9H,4-5H2,1-3H3,(H,14,17). The van der Waals surface area contributed by atoms with Crippen LogP contribution in [0.3, 0.4) is 0 Å². The zero-order valence-electron chi connectivity index (χ0n) is 11.7. The maximum atomic E-state index is 11.7. The second-order valence-electron chi connectivity index (χ2n) is 3.98. The van der Waals surface area contributed by atoms with Gasteiger partial charge in [0.15, 0.2) is 0 Å². The van der Waals surface area contributed by atoms with Crippen LogP contribution in [0.2, 0.25) is 0 Å². The first-order valence-corrected chi connectivity index (χ1v) is 7.67. The van der Waals surface area contributed by atoms with Gasteiger partial charge in [-0.3, -0.25) is 9.80 Å². The van der Waals surface area contributed by atoms with E-state index in [1.54, 1.807) is 5.01 Å². The molecule has 0 saturated heterocycles. The minimum atomic E-state index is -3.80. The second-order valence-corrected chi connectivity index (χ2v) is 5.67. The summed E-state index contributed by atoms with van der Waals surface area (Å²) in [6.07, 6.45) is 0. The van der Waals surface area contributed by atoms with Crippen molar-refractivity contribution in [1.29, 1.82) is 0 Å². The lowest BCUT2D eigenvalue weighted by atomic mass is 10.3. The summed E-state index contributed by atoms with van der Waals surface area (Å²) in [4.78, 5) is 10.8. The van der Waals surface area contributed by atoms with E-state index in [1.165, 1.54) is 24.3 Å². The Labute approximate surface area is 118 Å². The van der Waals surface area contributed by atoms with Crippen molar-refractivity contribution in [3.05, 3.63) is 24.3 Å². The van der Waals surface area contributed by atoms with E-state index in [0.717, 1.165) is 20.0 Å². The molecule has 0 aliphatic heterocycles. The highest BCUT2D eigenvalue weighted by Crippen LogP contribution is 2.17. The van der Waals surface area contributed by atoms with Crippen molar-refractivity contribution in [2.24, 2.45) is 10.3 Å². The number of hydrogen-bond acceptors (Lipinski definition) is 5. The van der Waals surface area contributed by atoms with Gasteiger partial charge in [0.25, 0.3) is 10.0 Å². The van der Waals surface area contributed by atoms with E-state index in [-0.39, 0.29) is 4.90 Å². The van der Waals surface area contributed by atoms with Crippen LogP contribution in [0.5, 0.6) is 0 Å². The van der Waals surface area contributed by atoms with Gasteiger partial charge >= 0.3 is 0 Å². The molecule has 20 heavy (non-hydrogen) atoms. The van der Waals surface area contributed by atoms with Crippen molar-refractivity contribution < 1.29 is 13.2 Å². The Morgan fingerprint density at radius 3 is 2.20 bits per heavy atom. The quantitative estimate of drug-likeness (QED) is 0.641. The molecule has 0 spiro atoms. The SMILES string of the molecule is CCN(CC)N=Nc1ccc(S(=O)(=O)NC(C)=O)cc1. The smallest absolute Gasteiger partial charge is 0.264 e. The van der Waals surface area contributed by atoms with Gasteiger partial charge in [0, 0.05) is 20.0 Å². The predicted octanol–water partition coefficient (Wildman–Crippen LogP) is 1.85. The second kappa shape index (κ2) is 6.99. The van der Waals surface area contributed by atoms with Gasteiger partial charge in [-0.05, 0) is 38.1 Å². The summed E-state index contributed by atoms with van der Waals surface area (Å²) in [7, 11) is -3.80. The molecule has 1 aromatic carbocycles. The lowest BCUT2D eigenvalue weighted by Gasteiger charge is -2.11. The molecule has 1 rings (SSSR count). The molecule has 8 heteroatoms. The van der Waals surface area contributed by atoms with Crippen LogP contribution in [-0.4, -0.2) is 32.4 Å². The number of carbonyl (C=O) groups excluding carboxylic acids is 1. The van der Waals surface area contributed by atoms with Gasteiger partial charge in [0.2, 0.25) is 5.91 Å². The normalized spacial score (nSPS) is 11.6. The number of hydrogen-bond donors (Lipinski definition) is 1. The third kappa shape index (κ3) is 4.61. The van der Waals surface area contributed by atoms with Gasteiger partial charge in [-0.1, -0.05) is 5.22 Å². The number of nitrogens with one attached hydrogen (secondary N) is 1. The molecular weight excluding hydrogens is 280 g/mol. The summed E-state index contributed by atoms with van der Waals surface area (Å²) >= 11 is 0. The maximum absolute atomic E-state index is 11.7. The first-order chi connectivity index (χ1) is 9.39. The molecule has 0 radical (unpaired) electrons. The first-order valence-electron chi connectivity index (χ1n) is 6.19. The van der Waals surface area contributed by atoms with Crippen molar-refractivity contribution in [2.75, 3.05) is 13.1 Å². The van der Waals surface area contributed by atoms with Crippen LogP contribution in [0.4, 0.5) is 5.69 Å². The number of carbonyl (C=O) groups is 1. The Bertz CT molecular complexity index is 577. The fourth-order valence-corrected chi connectivity index (χ4v) is 2.40. The molecule has 0 saturated carbocycles. The molecule has 0 aliphatic carbocycles. The topological polar surface area (TPSA) is 91.2 Å². The lowest BCUT2D eigenvalue weighted by molar-refractivity contribution is -0.117. The third-order valence-corrected chi connectivity index (χ3v) is 3.89. The molecule has 110 valence electrons. The highest BCUT2D eigenvalue weighted by atomic mass is 32.2. The van der Waals surface area contributed by atoms with E-state index in [1.807, 2.05) is 18.6 Å². The molecule has 7 nitrogen and oxygen atoms in total. The summed E-state index contributed by atoms with van der Waals surface area (Å²) in [5.74, 6) is -0.629. The van der Waals surface area contributed by atoms with Crippen LogP contribution >= 0.6 is 0 Å². The van der Waals surface area contributed by atoms with E-state index in [0.29, 0.717) is 5.69 Å². The number of benzene rings is 1. The molecule has 1 amide bonds. The van der Waals surface area contributed by atoms with E-state index in [4.69, 9.17) is 0 Å². The zero-order chi connectivity index (χ0) is 15.2. The highest BCUT2D eigenvalue weighted by Gasteiger charge is 2.14. The molecule has 0 fully saturated rings. The van der Waals surface area contributed by atoms with E-state index < -0.39 is 15.9 Å². The Morgan fingerprint density at radius 2 is 1.75 bits per heavy atom. The average molecular weight is 298 g/mol. The molecule has 0 aliphatic rings. The summed E-state index contributed by atoms with van der Waals surface area (Å²) in [5.41, 5.74) is 0.540. The van der Waals surface area contributed by atoms with Gasteiger partial charge in [0.1, 0.15) is 0 Å². The molecule has 1 N–H and O–H groups in total. The van der Waals surface area contributed by atoms with E-state index >= 15 is 0 Å². The summed E-state index contributed by atoms with van der Waals surface area (Å²) < 4.78 is 25.3. The fraction of sp³-hybridized carbons (Fsp3) is 0.417. The number of rotatable bonds is 6. The first kappa shape index (κ1) is 16.1. The Kier molecular flexibility index (Phi) is 5.63. The van der Waals surface area contributed by atoms with Crippen molar-refractivity contribution >= 4 is 21.6 Å². The van der Waals surface area contributed by atoms with Crippen LogP contribution in [0, 0.1) is 0 Å². The van der Waals surface area contributed by atoms with Gasteiger partial charge in [-0.25, -0.2) is 13.1 Å². The van der Waals surface area contributed by atoms with Crippen molar-refractivity contribution in [1.82, 2.24) is 9.73 Å². The third-order valence-electron chi connectivity index (χ3n) is 2.44. The molecule has 0 unspecified atom stereocenters. The van der Waals surface area contributed by atoms with Crippen LogP contribution in [-0.2, 0) is 14.8 Å². The molecule has 0 heterocycles. The van der Waals surface area contributed by atoms with E-state index in [2.05, 4.69) is 10.3 Å². The van der Waals surface area contributed by atoms with Crippen molar-refractivity contribution in [2.45, 2.75) is 25.7 Å². The Hall–Kier alpha value is -1.96. The maximum Gasteiger partial charge on any atom is 0.264 e. The van der Waals surface area contributed by atoms with Crippen LogP contribution in [0.25, 0.3) is 0 Å². The Balaban J connectivity index is 2.87. The number of sulfonamides is 1. The highest BCUT2D eigenvalue weighted by molar-refractivity contribution is 7.90. The molecule has 0 bridgehead atoms. The largest absolute Gasteiger partial charge is 0.279 e. The number of amides is 1. The summed E-state index contributed by atoms with van der Waals surface area (Å²) in [6, 6.07) is 5.81. The predicted molar refractivity (Wildman–Crippen MR) is 74.9 cm³/mol.